The molecule has 0 radical (unpaired) electrons. The summed E-state index contributed by atoms with van der Waals surface area (Å²) in [7, 11) is 1.58. The summed E-state index contributed by atoms with van der Waals surface area (Å²) in [6.07, 6.45) is 1.86. The molecule has 2 atom stereocenters. The molecular weight excluding hydrogens is 228 g/mol. The highest BCUT2D eigenvalue weighted by Gasteiger charge is 2.28. The molecule has 1 rings (SSSR count). The standard InChI is InChI=1S/C11H22N2O2.ClH/c1-4-5-10-8-12-6-7-13(10)11(14)9(2)15-3;/h9-10,12H,4-8H2,1-3H3;1H. The molecule has 0 spiro atoms. The van der Waals surface area contributed by atoms with Crippen molar-refractivity contribution in [3.63, 3.8) is 0 Å². The second-order valence-electron chi connectivity index (χ2n) is 4.06. The maximum absolute atomic E-state index is 12.0. The van der Waals surface area contributed by atoms with Gasteiger partial charge in [-0.15, -0.1) is 12.4 Å². The Morgan fingerprint density at radius 2 is 2.31 bits per heavy atom. The number of nitrogens with one attached hydrogen (secondary N) is 1. The minimum atomic E-state index is -0.317. The second kappa shape index (κ2) is 7.87. The van der Waals surface area contributed by atoms with Crippen molar-refractivity contribution in [1.82, 2.24) is 10.2 Å². The fourth-order valence-electron chi connectivity index (χ4n) is 1.98. The van der Waals surface area contributed by atoms with Gasteiger partial charge in [-0.1, -0.05) is 13.3 Å². The van der Waals surface area contributed by atoms with Gasteiger partial charge in [-0.25, -0.2) is 0 Å². The highest BCUT2D eigenvalue weighted by molar-refractivity contribution is 5.85. The summed E-state index contributed by atoms with van der Waals surface area (Å²) in [5.41, 5.74) is 0. The van der Waals surface area contributed by atoms with Crippen molar-refractivity contribution in [2.45, 2.75) is 38.8 Å². The molecule has 1 fully saturated rings. The van der Waals surface area contributed by atoms with Crippen molar-refractivity contribution in [2.75, 3.05) is 26.7 Å². The number of hydrogen-bond donors (Lipinski definition) is 1. The van der Waals surface area contributed by atoms with Gasteiger partial charge in [0.25, 0.3) is 5.91 Å². The van der Waals surface area contributed by atoms with Crippen molar-refractivity contribution < 1.29 is 9.53 Å². The lowest BCUT2D eigenvalue weighted by Gasteiger charge is -2.37. The average Bonchev–Trinajstić information content (AvgIpc) is 2.28. The maximum atomic E-state index is 12.0. The number of carbonyl (C=O) groups is 1. The summed E-state index contributed by atoms with van der Waals surface area (Å²) in [5, 5.41) is 3.33. The Balaban J connectivity index is 0.00000225. The van der Waals surface area contributed by atoms with E-state index >= 15 is 0 Å². The van der Waals surface area contributed by atoms with Crippen molar-refractivity contribution in [3.8, 4) is 0 Å². The van der Waals surface area contributed by atoms with E-state index in [1.165, 1.54) is 0 Å². The van der Waals surface area contributed by atoms with Crippen LogP contribution in [0.1, 0.15) is 26.7 Å². The van der Waals surface area contributed by atoms with Crippen LogP contribution in [0.25, 0.3) is 0 Å². The van der Waals surface area contributed by atoms with E-state index in [0.29, 0.717) is 6.04 Å². The van der Waals surface area contributed by atoms with Crippen LogP contribution in [0, 0.1) is 0 Å². The van der Waals surface area contributed by atoms with Gasteiger partial charge in [0, 0.05) is 32.8 Å². The first-order valence-electron chi connectivity index (χ1n) is 5.74. The number of piperazine rings is 1. The van der Waals surface area contributed by atoms with Gasteiger partial charge >= 0.3 is 0 Å². The molecule has 96 valence electrons. The third-order valence-corrected chi connectivity index (χ3v) is 2.96. The summed E-state index contributed by atoms with van der Waals surface area (Å²) in [6.45, 7) is 6.57. The van der Waals surface area contributed by atoms with Crippen molar-refractivity contribution >= 4 is 18.3 Å². The lowest BCUT2D eigenvalue weighted by Crippen LogP contribution is -2.55. The highest BCUT2D eigenvalue weighted by atomic mass is 35.5. The zero-order valence-electron chi connectivity index (χ0n) is 10.4. The van der Waals surface area contributed by atoms with Crippen LogP contribution < -0.4 is 5.32 Å². The van der Waals surface area contributed by atoms with Gasteiger partial charge in [-0.05, 0) is 13.3 Å². The van der Waals surface area contributed by atoms with E-state index in [2.05, 4.69) is 12.2 Å². The van der Waals surface area contributed by atoms with Crippen LogP contribution in [0.15, 0.2) is 0 Å². The number of methoxy groups -OCH3 is 1. The molecule has 4 nitrogen and oxygen atoms in total. The SMILES string of the molecule is CCCC1CNCCN1C(=O)C(C)OC.Cl. The van der Waals surface area contributed by atoms with Crippen LogP contribution in [0.2, 0.25) is 0 Å². The van der Waals surface area contributed by atoms with Crippen molar-refractivity contribution in [2.24, 2.45) is 0 Å². The van der Waals surface area contributed by atoms with Gasteiger partial charge in [0.1, 0.15) is 6.10 Å². The van der Waals surface area contributed by atoms with Gasteiger partial charge in [0.05, 0.1) is 0 Å². The first-order valence-corrected chi connectivity index (χ1v) is 5.74. The van der Waals surface area contributed by atoms with Crippen LogP contribution >= 0.6 is 12.4 Å². The van der Waals surface area contributed by atoms with E-state index in [1.54, 1.807) is 7.11 Å². The zero-order chi connectivity index (χ0) is 11.3. The molecule has 0 aromatic heterocycles. The Hall–Kier alpha value is -0.320. The first kappa shape index (κ1) is 15.7. The van der Waals surface area contributed by atoms with Gasteiger partial charge in [0.2, 0.25) is 0 Å². The number of nitrogens with zero attached hydrogens (tertiary/aromatic N) is 1. The first-order chi connectivity index (χ1) is 7.20. The van der Waals surface area contributed by atoms with Crippen LogP contribution in [-0.2, 0) is 9.53 Å². The number of amides is 1. The Kier molecular flexibility index (Phi) is 7.72. The van der Waals surface area contributed by atoms with Gasteiger partial charge in [-0.2, -0.15) is 0 Å². The van der Waals surface area contributed by atoms with Crippen LogP contribution in [-0.4, -0.2) is 49.7 Å². The van der Waals surface area contributed by atoms with Crippen molar-refractivity contribution in [1.29, 1.82) is 0 Å². The van der Waals surface area contributed by atoms with Crippen LogP contribution in [0.5, 0.6) is 0 Å². The molecule has 1 N–H and O–H groups in total. The highest BCUT2D eigenvalue weighted by Crippen LogP contribution is 2.11. The molecule has 0 saturated carbocycles. The molecule has 1 heterocycles. The molecule has 1 aliphatic heterocycles. The lowest BCUT2D eigenvalue weighted by atomic mass is 10.1. The summed E-state index contributed by atoms with van der Waals surface area (Å²) >= 11 is 0. The van der Waals surface area contributed by atoms with E-state index < -0.39 is 0 Å². The average molecular weight is 251 g/mol. The summed E-state index contributed by atoms with van der Waals surface area (Å²) < 4.78 is 5.08. The number of hydrogen-bond acceptors (Lipinski definition) is 3. The molecule has 2 unspecified atom stereocenters. The number of halogens is 1. The molecule has 0 aliphatic carbocycles. The van der Waals surface area contributed by atoms with E-state index in [-0.39, 0.29) is 24.4 Å². The Labute approximate surface area is 104 Å². The third-order valence-electron chi connectivity index (χ3n) is 2.96. The second-order valence-corrected chi connectivity index (χ2v) is 4.06. The molecule has 0 bridgehead atoms. The monoisotopic (exact) mass is 250 g/mol. The molecule has 1 aliphatic rings. The quantitative estimate of drug-likeness (QED) is 0.811. The molecule has 1 amide bonds. The molecule has 16 heavy (non-hydrogen) atoms. The molecule has 0 aromatic rings. The van der Waals surface area contributed by atoms with Crippen molar-refractivity contribution in [3.05, 3.63) is 0 Å². The molecular formula is C11H23ClN2O2. The zero-order valence-corrected chi connectivity index (χ0v) is 11.2. The lowest BCUT2D eigenvalue weighted by molar-refractivity contribution is -0.144. The predicted molar refractivity (Wildman–Crippen MR) is 67.0 cm³/mol. The maximum Gasteiger partial charge on any atom is 0.251 e. The predicted octanol–water partition coefficient (Wildman–Crippen LogP) is 1.04. The minimum Gasteiger partial charge on any atom is -0.372 e. The number of rotatable bonds is 4. The van der Waals surface area contributed by atoms with Gasteiger partial charge < -0.3 is 15.0 Å². The van der Waals surface area contributed by atoms with Crippen LogP contribution in [0.4, 0.5) is 0 Å². The summed E-state index contributed by atoms with van der Waals surface area (Å²) in [5.74, 6) is 0.123. The minimum absolute atomic E-state index is 0. The van der Waals surface area contributed by atoms with E-state index in [9.17, 15) is 4.79 Å². The largest absolute Gasteiger partial charge is 0.372 e. The molecule has 1 saturated heterocycles. The fourth-order valence-corrected chi connectivity index (χ4v) is 1.98. The van der Waals surface area contributed by atoms with E-state index in [4.69, 9.17) is 4.74 Å². The number of ether oxygens (including phenoxy) is 1. The summed E-state index contributed by atoms with van der Waals surface area (Å²) in [6, 6.07) is 0.342. The van der Waals surface area contributed by atoms with E-state index in [0.717, 1.165) is 32.5 Å². The smallest absolute Gasteiger partial charge is 0.251 e. The Morgan fingerprint density at radius 1 is 1.62 bits per heavy atom. The topological polar surface area (TPSA) is 41.6 Å². The number of carbonyl (C=O) groups excluding carboxylic acids is 1. The fraction of sp³-hybridized carbons (Fsp3) is 0.909. The van der Waals surface area contributed by atoms with Crippen LogP contribution in [0.3, 0.4) is 0 Å². The normalized spacial score (nSPS) is 22.4. The Bertz CT molecular complexity index is 212. The molecule has 0 aromatic carbocycles. The van der Waals surface area contributed by atoms with E-state index in [1.807, 2.05) is 11.8 Å². The van der Waals surface area contributed by atoms with Gasteiger partial charge in [0.15, 0.2) is 0 Å². The summed E-state index contributed by atoms with van der Waals surface area (Å²) in [4.78, 5) is 14.0. The molecule has 5 heteroatoms. The Morgan fingerprint density at radius 3 is 2.88 bits per heavy atom. The van der Waals surface area contributed by atoms with Gasteiger partial charge in [-0.3, -0.25) is 4.79 Å². The third kappa shape index (κ3) is 3.92.